The minimum Gasteiger partial charge on any atom is -0.493 e. The molecule has 0 heterocycles. The highest BCUT2D eigenvalue weighted by molar-refractivity contribution is 5.88. The number of nitrogens with one attached hydrogen (secondary N) is 2. The second-order valence-electron chi connectivity index (χ2n) is 9.95. The fourth-order valence-corrected chi connectivity index (χ4v) is 4.37. The van der Waals surface area contributed by atoms with Gasteiger partial charge in [0, 0.05) is 25.2 Å². The Balaban J connectivity index is 1.63. The van der Waals surface area contributed by atoms with Gasteiger partial charge in [0.05, 0.1) is 42.7 Å². The van der Waals surface area contributed by atoms with Gasteiger partial charge in [-0.25, -0.2) is 0 Å². The number of carbonyl (C=O) groups excluding carboxylic acids is 2. The molecule has 0 unspecified atom stereocenters. The Hall–Kier alpha value is -4.90. The van der Waals surface area contributed by atoms with E-state index in [1.54, 1.807) is 67.0 Å². The van der Waals surface area contributed by atoms with E-state index >= 15 is 0 Å². The predicted octanol–water partition coefficient (Wildman–Crippen LogP) is 4.52. The first-order chi connectivity index (χ1) is 22.3. The predicted molar refractivity (Wildman–Crippen MR) is 181 cm³/mol. The highest BCUT2D eigenvalue weighted by Gasteiger charge is 2.13. The second-order valence-corrected chi connectivity index (χ2v) is 9.95. The van der Waals surface area contributed by atoms with Crippen molar-refractivity contribution in [3.05, 3.63) is 71.8 Å². The third-order valence-electron chi connectivity index (χ3n) is 6.70. The Kier molecular flexibility index (Phi) is 17.0. The minimum atomic E-state index is -0.161. The molecule has 0 radical (unpaired) electrons. The molecule has 0 aromatic heterocycles. The standard InChI is InChI=1S/C35H47N3O8/c1-38(20-12-18-36-32(39)16-10-8-14-26-22-28(41-2)34(45-6)29(23-26)42-3)21-13-19-37-33(40)17-11-9-15-27-24-30(43-4)35(46-7)31(25-27)44-5/h8-11,14-17,22-25H,12-13,18-21H2,1-7H3,(H,36,39)(H,37,40)/b14-8+,15-9+,16-10+,17-11+. The quantitative estimate of drug-likeness (QED) is 0.123. The number of hydrogen-bond acceptors (Lipinski definition) is 9. The number of nitrogens with zero attached hydrogens (tertiary/aromatic N) is 1. The van der Waals surface area contributed by atoms with E-state index in [2.05, 4.69) is 15.5 Å². The topological polar surface area (TPSA) is 117 Å². The maximum absolute atomic E-state index is 12.1. The van der Waals surface area contributed by atoms with Gasteiger partial charge in [0.15, 0.2) is 23.0 Å². The Morgan fingerprint density at radius 3 is 1.24 bits per heavy atom. The van der Waals surface area contributed by atoms with Crippen LogP contribution in [0.2, 0.25) is 0 Å². The van der Waals surface area contributed by atoms with Gasteiger partial charge in [0.2, 0.25) is 23.3 Å². The van der Waals surface area contributed by atoms with Crippen molar-refractivity contribution in [2.24, 2.45) is 0 Å². The molecule has 0 saturated heterocycles. The molecule has 11 heteroatoms. The van der Waals surface area contributed by atoms with E-state index in [-0.39, 0.29) is 11.8 Å². The lowest BCUT2D eigenvalue weighted by Gasteiger charge is -2.16. The third-order valence-corrected chi connectivity index (χ3v) is 6.70. The molecule has 0 saturated carbocycles. The summed E-state index contributed by atoms with van der Waals surface area (Å²) in [5, 5.41) is 5.78. The summed E-state index contributed by atoms with van der Waals surface area (Å²) in [7, 11) is 11.4. The van der Waals surface area contributed by atoms with Crippen LogP contribution in [0.15, 0.2) is 60.7 Å². The summed E-state index contributed by atoms with van der Waals surface area (Å²) in [6.07, 6.45) is 15.2. The molecule has 46 heavy (non-hydrogen) atoms. The van der Waals surface area contributed by atoms with E-state index in [1.165, 1.54) is 12.2 Å². The number of rotatable bonds is 20. The van der Waals surface area contributed by atoms with Crippen molar-refractivity contribution in [2.45, 2.75) is 12.8 Å². The lowest BCUT2D eigenvalue weighted by molar-refractivity contribution is -0.117. The molecular weight excluding hydrogens is 590 g/mol. The number of allylic oxidation sites excluding steroid dienone is 4. The van der Waals surface area contributed by atoms with E-state index in [0.717, 1.165) is 37.1 Å². The zero-order chi connectivity index (χ0) is 33.7. The van der Waals surface area contributed by atoms with Gasteiger partial charge in [-0.2, -0.15) is 0 Å². The molecule has 0 atom stereocenters. The van der Waals surface area contributed by atoms with E-state index in [1.807, 2.05) is 43.5 Å². The summed E-state index contributed by atoms with van der Waals surface area (Å²) in [5.74, 6) is 2.97. The summed E-state index contributed by atoms with van der Waals surface area (Å²) in [5.41, 5.74) is 1.69. The SMILES string of the molecule is COc1cc(/C=C/C=C/C(=O)NCCCN(C)CCCNC(=O)/C=C/C=C/c2cc(OC)c(OC)c(OC)c2)cc(OC)c1OC. The third kappa shape index (κ3) is 12.6. The van der Waals surface area contributed by atoms with Crippen LogP contribution in [-0.4, -0.2) is 92.6 Å². The van der Waals surface area contributed by atoms with E-state index in [0.29, 0.717) is 47.6 Å². The van der Waals surface area contributed by atoms with Crippen LogP contribution in [0.3, 0.4) is 0 Å². The molecule has 0 bridgehead atoms. The molecule has 2 rings (SSSR count). The van der Waals surface area contributed by atoms with Gasteiger partial charge < -0.3 is 44.0 Å². The molecule has 2 aromatic rings. The Labute approximate surface area is 272 Å². The average Bonchev–Trinajstić information content (AvgIpc) is 3.07. The van der Waals surface area contributed by atoms with Crippen molar-refractivity contribution >= 4 is 24.0 Å². The van der Waals surface area contributed by atoms with E-state index < -0.39 is 0 Å². The van der Waals surface area contributed by atoms with Crippen LogP contribution in [-0.2, 0) is 9.59 Å². The zero-order valence-corrected chi connectivity index (χ0v) is 27.9. The summed E-state index contributed by atoms with van der Waals surface area (Å²) in [6, 6.07) is 7.31. The van der Waals surface area contributed by atoms with Gasteiger partial charge in [-0.15, -0.1) is 0 Å². The van der Waals surface area contributed by atoms with Crippen LogP contribution in [0, 0.1) is 0 Å². The van der Waals surface area contributed by atoms with Crippen LogP contribution in [0.1, 0.15) is 24.0 Å². The number of hydrogen-bond donors (Lipinski definition) is 2. The van der Waals surface area contributed by atoms with Crippen molar-refractivity contribution in [1.29, 1.82) is 0 Å². The van der Waals surface area contributed by atoms with Gasteiger partial charge in [0.25, 0.3) is 0 Å². The van der Waals surface area contributed by atoms with Crippen LogP contribution >= 0.6 is 0 Å². The number of amides is 2. The largest absolute Gasteiger partial charge is 0.493 e. The van der Waals surface area contributed by atoms with Crippen molar-refractivity contribution < 1.29 is 38.0 Å². The fourth-order valence-electron chi connectivity index (χ4n) is 4.37. The van der Waals surface area contributed by atoms with Gasteiger partial charge in [-0.3, -0.25) is 9.59 Å². The van der Waals surface area contributed by atoms with E-state index in [9.17, 15) is 9.59 Å². The molecule has 250 valence electrons. The maximum atomic E-state index is 12.1. The summed E-state index contributed by atoms with van der Waals surface area (Å²) >= 11 is 0. The fraction of sp³-hybridized carbons (Fsp3) is 0.371. The Morgan fingerprint density at radius 1 is 0.587 bits per heavy atom. The van der Waals surface area contributed by atoms with Gasteiger partial charge >= 0.3 is 0 Å². The molecule has 0 aliphatic rings. The first-order valence-corrected chi connectivity index (χ1v) is 14.8. The van der Waals surface area contributed by atoms with Crippen LogP contribution < -0.4 is 39.1 Å². The van der Waals surface area contributed by atoms with Gasteiger partial charge in [-0.1, -0.05) is 36.5 Å². The average molecular weight is 638 g/mol. The minimum absolute atomic E-state index is 0.161. The van der Waals surface area contributed by atoms with Crippen molar-refractivity contribution in [3.63, 3.8) is 0 Å². The smallest absolute Gasteiger partial charge is 0.243 e. The molecule has 0 aliphatic heterocycles. The number of methoxy groups -OCH3 is 6. The van der Waals surface area contributed by atoms with Crippen LogP contribution in [0.25, 0.3) is 12.2 Å². The van der Waals surface area contributed by atoms with Crippen LogP contribution in [0.5, 0.6) is 34.5 Å². The molecule has 0 fully saturated rings. The maximum Gasteiger partial charge on any atom is 0.243 e. The number of benzene rings is 2. The molecular formula is C35H47N3O8. The Bertz CT molecular complexity index is 1230. The molecule has 2 amide bonds. The van der Waals surface area contributed by atoms with Crippen molar-refractivity contribution in [2.75, 3.05) is 75.9 Å². The van der Waals surface area contributed by atoms with Gasteiger partial charge in [-0.05, 0) is 68.4 Å². The lowest BCUT2D eigenvalue weighted by Crippen LogP contribution is -2.29. The molecule has 0 spiro atoms. The summed E-state index contributed by atoms with van der Waals surface area (Å²) in [4.78, 5) is 26.4. The molecule has 2 N–H and O–H groups in total. The van der Waals surface area contributed by atoms with Crippen molar-refractivity contribution in [1.82, 2.24) is 15.5 Å². The summed E-state index contributed by atoms with van der Waals surface area (Å²) < 4.78 is 32.1. The van der Waals surface area contributed by atoms with Gasteiger partial charge in [0.1, 0.15) is 0 Å². The Morgan fingerprint density at radius 2 is 0.935 bits per heavy atom. The zero-order valence-electron chi connectivity index (χ0n) is 27.9. The van der Waals surface area contributed by atoms with E-state index in [4.69, 9.17) is 28.4 Å². The first-order valence-electron chi connectivity index (χ1n) is 14.8. The molecule has 11 nitrogen and oxygen atoms in total. The monoisotopic (exact) mass is 637 g/mol. The number of ether oxygens (including phenoxy) is 6. The molecule has 2 aromatic carbocycles. The van der Waals surface area contributed by atoms with Crippen LogP contribution in [0.4, 0.5) is 0 Å². The first kappa shape index (κ1) is 37.3. The normalized spacial score (nSPS) is 11.5. The highest BCUT2D eigenvalue weighted by atomic mass is 16.5. The number of carbonyl (C=O) groups is 2. The second kappa shape index (κ2) is 20.9. The van der Waals surface area contributed by atoms with Crippen molar-refractivity contribution in [3.8, 4) is 34.5 Å². The molecule has 0 aliphatic carbocycles. The lowest BCUT2D eigenvalue weighted by atomic mass is 10.1. The summed E-state index contributed by atoms with van der Waals surface area (Å²) in [6.45, 7) is 2.78. The highest BCUT2D eigenvalue weighted by Crippen LogP contribution is 2.39.